The molecule has 2 amide bonds. The smallest absolute Gasteiger partial charge is 0.248 e. The summed E-state index contributed by atoms with van der Waals surface area (Å²) >= 11 is 0. The Morgan fingerprint density at radius 2 is 1.93 bits per heavy atom. The van der Waals surface area contributed by atoms with Gasteiger partial charge < -0.3 is 20.1 Å². The Morgan fingerprint density at radius 3 is 2.50 bits per heavy atom. The van der Waals surface area contributed by atoms with E-state index in [1.165, 1.54) is 11.9 Å². The van der Waals surface area contributed by atoms with Crippen LogP contribution in [0.25, 0.3) is 11.3 Å². The first-order valence-corrected chi connectivity index (χ1v) is 9.92. The molecule has 1 aliphatic rings. The number of nitrogens with one attached hydrogen (secondary N) is 1. The summed E-state index contributed by atoms with van der Waals surface area (Å²) in [6.07, 6.45) is 1.22. The first-order valence-electron chi connectivity index (χ1n) is 9.92. The quantitative estimate of drug-likeness (QED) is 0.761. The predicted molar refractivity (Wildman–Crippen MR) is 111 cm³/mol. The number of hydrogen-bond acceptors (Lipinski definition) is 6. The van der Waals surface area contributed by atoms with Gasteiger partial charge in [-0.15, -0.1) is 5.10 Å². The number of aromatic nitrogens is 3. The van der Waals surface area contributed by atoms with E-state index in [1.807, 2.05) is 45.0 Å². The average molecular weight is 415 g/mol. The summed E-state index contributed by atoms with van der Waals surface area (Å²) in [4.78, 5) is 27.2. The normalized spacial score (nSPS) is 20.1. The SMILES string of the molecule is CNC(=O)[C@@H]1C[C@@H](O)CN1C(=O)[C@@H](n1cc(-c2ccc(OC)cc2)nn1)C(C)(C)C. The second kappa shape index (κ2) is 8.43. The fraction of sp³-hybridized carbons (Fsp3) is 0.524. The number of carbonyl (C=O) groups is 2. The maximum atomic E-state index is 13.5. The maximum absolute atomic E-state index is 13.5. The largest absolute Gasteiger partial charge is 0.497 e. The molecule has 0 radical (unpaired) electrons. The van der Waals surface area contributed by atoms with Crippen LogP contribution < -0.4 is 10.1 Å². The van der Waals surface area contributed by atoms with Crippen LogP contribution in [0.3, 0.4) is 0 Å². The van der Waals surface area contributed by atoms with Crippen molar-refractivity contribution in [3.05, 3.63) is 30.5 Å². The molecule has 1 saturated heterocycles. The molecule has 162 valence electrons. The molecule has 9 nitrogen and oxygen atoms in total. The first kappa shape index (κ1) is 21.8. The minimum atomic E-state index is -0.734. The lowest BCUT2D eigenvalue weighted by atomic mass is 9.85. The third-order valence-electron chi connectivity index (χ3n) is 5.33. The molecule has 0 bridgehead atoms. The fourth-order valence-corrected chi connectivity index (χ4v) is 3.81. The number of benzene rings is 1. The molecular formula is C21H29N5O4. The van der Waals surface area contributed by atoms with E-state index in [4.69, 9.17) is 4.74 Å². The van der Waals surface area contributed by atoms with Gasteiger partial charge in [-0.05, 0) is 29.7 Å². The number of aliphatic hydroxyl groups excluding tert-OH is 1. The van der Waals surface area contributed by atoms with Crippen LogP contribution in [-0.4, -0.2) is 69.7 Å². The zero-order valence-electron chi connectivity index (χ0n) is 18.0. The number of hydrogen-bond donors (Lipinski definition) is 2. The lowest BCUT2D eigenvalue weighted by Gasteiger charge is -2.34. The number of ether oxygens (including phenoxy) is 1. The highest BCUT2D eigenvalue weighted by molar-refractivity contribution is 5.90. The van der Waals surface area contributed by atoms with Gasteiger partial charge in [-0.3, -0.25) is 9.59 Å². The van der Waals surface area contributed by atoms with Gasteiger partial charge in [-0.1, -0.05) is 26.0 Å². The standard InChI is InChI=1S/C21H29N5O4/c1-21(2,3)18(20(29)25-11-14(27)10-17(25)19(28)22-4)26-12-16(23-24-26)13-6-8-15(30-5)9-7-13/h6-9,12,14,17-18,27H,10-11H2,1-5H3,(H,22,28)/t14-,17+,18-/m1/s1. The Kier molecular flexibility index (Phi) is 6.12. The van der Waals surface area contributed by atoms with E-state index in [0.29, 0.717) is 5.69 Å². The zero-order valence-corrected chi connectivity index (χ0v) is 18.0. The van der Waals surface area contributed by atoms with E-state index < -0.39 is 23.6 Å². The first-order chi connectivity index (χ1) is 14.2. The molecule has 0 aliphatic carbocycles. The van der Waals surface area contributed by atoms with Gasteiger partial charge in [0.25, 0.3) is 0 Å². The minimum Gasteiger partial charge on any atom is -0.497 e. The maximum Gasteiger partial charge on any atom is 0.248 e. The van der Waals surface area contributed by atoms with E-state index in [2.05, 4.69) is 15.6 Å². The van der Waals surface area contributed by atoms with Gasteiger partial charge in [-0.2, -0.15) is 0 Å². The van der Waals surface area contributed by atoms with Crippen LogP contribution in [0.15, 0.2) is 30.5 Å². The molecule has 1 aromatic carbocycles. The number of likely N-dealkylation sites (tertiary alicyclic amines) is 1. The number of carbonyl (C=O) groups excluding carboxylic acids is 2. The van der Waals surface area contributed by atoms with Crippen molar-refractivity contribution in [2.75, 3.05) is 20.7 Å². The molecule has 0 unspecified atom stereocenters. The lowest BCUT2D eigenvalue weighted by Crippen LogP contribution is -2.49. The molecule has 0 saturated carbocycles. The van der Waals surface area contributed by atoms with Crippen molar-refractivity contribution in [1.29, 1.82) is 0 Å². The van der Waals surface area contributed by atoms with Crippen LogP contribution in [0.4, 0.5) is 0 Å². The molecule has 30 heavy (non-hydrogen) atoms. The van der Waals surface area contributed by atoms with Gasteiger partial charge in [0.05, 0.1) is 19.4 Å². The zero-order chi connectivity index (χ0) is 22.1. The van der Waals surface area contributed by atoms with E-state index in [0.717, 1.165) is 11.3 Å². The summed E-state index contributed by atoms with van der Waals surface area (Å²) < 4.78 is 6.73. The molecule has 3 atom stereocenters. The molecule has 2 N–H and O–H groups in total. The van der Waals surface area contributed by atoms with Crippen molar-refractivity contribution in [1.82, 2.24) is 25.2 Å². The van der Waals surface area contributed by atoms with Gasteiger partial charge in [0.1, 0.15) is 23.5 Å². The van der Waals surface area contributed by atoms with Gasteiger partial charge in [0.15, 0.2) is 0 Å². The van der Waals surface area contributed by atoms with Crippen LogP contribution in [0.1, 0.15) is 33.2 Å². The molecule has 1 aliphatic heterocycles. The second-order valence-electron chi connectivity index (χ2n) is 8.59. The van der Waals surface area contributed by atoms with Crippen LogP contribution >= 0.6 is 0 Å². The van der Waals surface area contributed by atoms with E-state index in [-0.39, 0.29) is 24.8 Å². The van der Waals surface area contributed by atoms with Crippen molar-refractivity contribution in [2.45, 2.75) is 45.4 Å². The Balaban J connectivity index is 1.92. The van der Waals surface area contributed by atoms with Crippen molar-refractivity contribution in [2.24, 2.45) is 5.41 Å². The van der Waals surface area contributed by atoms with Crippen LogP contribution in [0, 0.1) is 5.41 Å². The van der Waals surface area contributed by atoms with Crippen molar-refractivity contribution >= 4 is 11.8 Å². The summed E-state index contributed by atoms with van der Waals surface area (Å²) in [6.45, 7) is 5.92. The van der Waals surface area contributed by atoms with Crippen LogP contribution in [0.2, 0.25) is 0 Å². The van der Waals surface area contributed by atoms with Crippen molar-refractivity contribution in [3.8, 4) is 17.0 Å². The molecule has 9 heteroatoms. The van der Waals surface area contributed by atoms with Crippen molar-refractivity contribution in [3.63, 3.8) is 0 Å². The van der Waals surface area contributed by atoms with Gasteiger partial charge >= 0.3 is 0 Å². The van der Waals surface area contributed by atoms with Gasteiger partial charge in [-0.25, -0.2) is 4.68 Å². The monoisotopic (exact) mass is 415 g/mol. The minimum absolute atomic E-state index is 0.115. The van der Waals surface area contributed by atoms with E-state index in [1.54, 1.807) is 18.0 Å². The molecule has 1 fully saturated rings. The van der Waals surface area contributed by atoms with Crippen LogP contribution in [-0.2, 0) is 9.59 Å². The number of rotatable bonds is 5. The molecule has 3 rings (SSSR count). The summed E-state index contributed by atoms with van der Waals surface area (Å²) in [6, 6.07) is 6.03. The predicted octanol–water partition coefficient (Wildman–Crippen LogP) is 1.25. The molecule has 1 aromatic heterocycles. The summed E-state index contributed by atoms with van der Waals surface area (Å²) in [5.74, 6) is 0.186. The van der Waals surface area contributed by atoms with Gasteiger partial charge in [0, 0.05) is 25.6 Å². The Bertz CT molecular complexity index is 903. The van der Waals surface area contributed by atoms with E-state index >= 15 is 0 Å². The molecule has 2 aromatic rings. The third kappa shape index (κ3) is 4.30. The molecular weight excluding hydrogens is 386 g/mol. The Morgan fingerprint density at radius 1 is 1.27 bits per heavy atom. The number of β-amino-alcohol motifs (C(OH)–C–C–N with tert-alkyl or cyclic N) is 1. The van der Waals surface area contributed by atoms with Gasteiger partial charge in [0.2, 0.25) is 11.8 Å². The second-order valence-corrected chi connectivity index (χ2v) is 8.59. The summed E-state index contributed by atoms with van der Waals surface area (Å²) in [5, 5.41) is 21.1. The summed E-state index contributed by atoms with van der Waals surface area (Å²) in [5.41, 5.74) is 0.981. The number of nitrogens with zero attached hydrogens (tertiary/aromatic N) is 4. The topological polar surface area (TPSA) is 110 Å². The highest BCUT2D eigenvalue weighted by atomic mass is 16.5. The van der Waals surface area contributed by atoms with Crippen LogP contribution in [0.5, 0.6) is 5.75 Å². The molecule has 2 heterocycles. The van der Waals surface area contributed by atoms with Crippen molar-refractivity contribution < 1.29 is 19.4 Å². The average Bonchev–Trinajstić information content (AvgIpc) is 3.33. The third-order valence-corrected chi connectivity index (χ3v) is 5.33. The fourth-order valence-electron chi connectivity index (χ4n) is 3.81. The summed E-state index contributed by atoms with van der Waals surface area (Å²) in [7, 11) is 3.13. The number of likely N-dealkylation sites (N-methyl/N-ethyl adjacent to an activating group) is 1. The highest BCUT2D eigenvalue weighted by Gasteiger charge is 2.45. The number of methoxy groups -OCH3 is 1. The Hall–Kier alpha value is -2.94. The molecule has 0 spiro atoms. The Labute approximate surface area is 176 Å². The highest BCUT2D eigenvalue weighted by Crippen LogP contribution is 2.35. The lowest BCUT2D eigenvalue weighted by molar-refractivity contribution is -0.144. The number of amides is 2. The van der Waals surface area contributed by atoms with E-state index in [9.17, 15) is 14.7 Å². The number of aliphatic hydroxyl groups is 1.